The van der Waals surface area contributed by atoms with Gasteiger partial charge in [-0.2, -0.15) is 0 Å². The number of hydrogen-bond acceptors (Lipinski definition) is 5. The second-order valence-electron chi connectivity index (χ2n) is 4.55. The highest BCUT2D eigenvalue weighted by Crippen LogP contribution is 2.13. The fourth-order valence-electron chi connectivity index (χ4n) is 1.56. The van der Waals surface area contributed by atoms with Crippen molar-refractivity contribution in [2.24, 2.45) is 5.84 Å². The van der Waals surface area contributed by atoms with Gasteiger partial charge in [-0.3, -0.25) is 4.79 Å². The van der Waals surface area contributed by atoms with Crippen molar-refractivity contribution >= 4 is 11.7 Å². The van der Waals surface area contributed by atoms with E-state index in [4.69, 9.17) is 10.6 Å². The molecule has 0 radical (unpaired) electrons. The van der Waals surface area contributed by atoms with Crippen LogP contribution in [0.25, 0.3) is 0 Å². The van der Waals surface area contributed by atoms with Crippen molar-refractivity contribution in [3.63, 3.8) is 0 Å². The van der Waals surface area contributed by atoms with Gasteiger partial charge in [-0.25, -0.2) is 15.2 Å². The number of carbonyl (C=O) groups is 1. The van der Waals surface area contributed by atoms with Crippen LogP contribution in [-0.4, -0.2) is 30.1 Å². The number of pyridine rings is 1. The number of nitrogens with one attached hydrogen (secondary N) is 2. The molecule has 0 aliphatic rings. The van der Waals surface area contributed by atoms with Crippen LogP contribution < -0.4 is 16.6 Å². The first-order chi connectivity index (χ1) is 9.56. The van der Waals surface area contributed by atoms with E-state index in [2.05, 4.69) is 15.7 Å². The molecule has 1 aromatic rings. The predicted octanol–water partition coefficient (Wildman–Crippen LogP) is 1.44. The van der Waals surface area contributed by atoms with Gasteiger partial charge in [-0.05, 0) is 32.8 Å². The van der Waals surface area contributed by atoms with Gasteiger partial charge in [0.1, 0.15) is 0 Å². The summed E-state index contributed by atoms with van der Waals surface area (Å²) in [4.78, 5) is 15.5. The van der Waals surface area contributed by atoms with Gasteiger partial charge in [0.25, 0.3) is 5.91 Å². The third-order valence-corrected chi connectivity index (χ3v) is 2.58. The largest absolute Gasteiger partial charge is 0.379 e. The SMILES string of the molecule is CC(C)OCCCCNC(=O)c1ccnc(NN)c1F. The van der Waals surface area contributed by atoms with Gasteiger partial charge in [0.05, 0.1) is 11.7 Å². The number of ether oxygens (including phenoxy) is 1. The van der Waals surface area contributed by atoms with Crippen LogP contribution in [0.3, 0.4) is 0 Å². The minimum atomic E-state index is -0.754. The molecule has 20 heavy (non-hydrogen) atoms. The second kappa shape index (κ2) is 8.44. The number of aromatic nitrogens is 1. The number of anilines is 1. The van der Waals surface area contributed by atoms with E-state index in [-0.39, 0.29) is 17.5 Å². The Hall–Kier alpha value is -1.73. The molecule has 1 heterocycles. The summed E-state index contributed by atoms with van der Waals surface area (Å²) in [6.07, 6.45) is 3.14. The molecule has 0 fully saturated rings. The first-order valence-corrected chi connectivity index (χ1v) is 6.57. The first kappa shape index (κ1) is 16.3. The number of hydrogen-bond donors (Lipinski definition) is 3. The zero-order chi connectivity index (χ0) is 15.0. The number of unbranched alkanes of at least 4 members (excludes halogenated alkanes) is 1. The van der Waals surface area contributed by atoms with Gasteiger partial charge < -0.3 is 15.5 Å². The zero-order valence-corrected chi connectivity index (χ0v) is 11.8. The lowest BCUT2D eigenvalue weighted by atomic mass is 10.2. The molecule has 4 N–H and O–H groups in total. The van der Waals surface area contributed by atoms with Crippen molar-refractivity contribution in [3.05, 3.63) is 23.6 Å². The highest BCUT2D eigenvalue weighted by Gasteiger charge is 2.14. The molecule has 0 saturated heterocycles. The minimum absolute atomic E-state index is 0.0774. The summed E-state index contributed by atoms with van der Waals surface area (Å²) in [7, 11) is 0. The summed E-state index contributed by atoms with van der Waals surface area (Å²) in [6, 6.07) is 1.31. The van der Waals surface area contributed by atoms with Crippen LogP contribution >= 0.6 is 0 Å². The third-order valence-electron chi connectivity index (χ3n) is 2.58. The molecule has 0 unspecified atom stereocenters. The molecule has 112 valence electrons. The lowest BCUT2D eigenvalue weighted by Crippen LogP contribution is -2.26. The second-order valence-corrected chi connectivity index (χ2v) is 4.55. The van der Waals surface area contributed by atoms with Crippen LogP contribution in [-0.2, 0) is 4.74 Å². The maximum Gasteiger partial charge on any atom is 0.254 e. The monoisotopic (exact) mass is 284 g/mol. The van der Waals surface area contributed by atoms with Gasteiger partial charge >= 0.3 is 0 Å². The summed E-state index contributed by atoms with van der Waals surface area (Å²) >= 11 is 0. The summed E-state index contributed by atoms with van der Waals surface area (Å²) in [5, 5.41) is 2.65. The van der Waals surface area contributed by atoms with E-state index in [1.54, 1.807) is 0 Å². The molecule has 0 saturated carbocycles. The molecule has 6 nitrogen and oxygen atoms in total. The Kier molecular flexibility index (Phi) is 6.89. The van der Waals surface area contributed by atoms with E-state index >= 15 is 0 Å². The van der Waals surface area contributed by atoms with E-state index in [9.17, 15) is 9.18 Å². The minimum Gasteiger partial charge on any atom is -0.379 e. The Balaban J connectivity index is 2.36. The van der Waals surface area contributed by atoms with Crippen molar-refractivity contribution in [2.75, 3.05) is 18.6 Å². The Labute approximate surface area is 117 Å². The molecule has 0 bridgehead atoms. The van der Waals surface area contributed by atoms with E-state index in [0.717, 1.165) is 12.8 Å². The van der Waals surface area contributed by atoms with E-state index in [0.29, 0.717) is 13.2 Å². The highest BCUT2D eigenvalue weighted by atomic mass is 19.1. The molecular formula is C13H21FN4O2. The molecule has 1 rings (SSSR count). The van der Waals surface area contributed by atoms with Crippen LogP contribution in [0.1, 0.15) is 37.0 Å². The number of nitrogens with two attached hydrogens (primary N) is 1. The molecule has 7 heteroatoms. The fraction of sp³-hybridized carbons (Fsp3) is 0.538. The number of nitrogen functional groups attached to an aromatic ring is 1. The van der Waals surface area contributed by atoms with Crippen LogP contribution in [0.4, 0.5) is 10.2 Å². The molecule has 0 aliphatic carbocycles. The standard InChI is InChI=1S/C13H21FN4O2/c1-9(2)20-8-4-3-6-17-13(19)10-5-7-16-12(18-15)11(10)14/h5,7,9H,3-4,6,8,15H2,1-2H3,(H,16,18)(H,17,19). The van der Waals surface area contributed by atoms with Crippen molar-refractivity contribution < 1.29 is 13.9 Å². The van der Waals surface area contributed by atoms with Crippen molar-refractivity contribution in [1.82, 2.24) is 10.3 Å². The molecule has 0 spiro atoms. The van der Waals surface area contributed by atoms with Gasteiger partial charge in [0.15, 0.2) is 11.6 Å². The van der Waals surface area contributed by atoms with Gasteiger partial charge in [-0.1, -0.05) is 0 Å². The normalized spacial score (nSPS) is 10.7. The number of hydrazine groups is 1. The number of amides is 1. The molecule has 1 amide bonds. The molecule has 0 aliphatic heterocycles. The Morgan fingerprint density at radius 2 is 2.25 bits per heavy atom. The maximum atomic E-state index is 13.8. The topological polar surface area (TPSA) is 89.3 Å². The van der Waals surface area contributed by atoms with Crippen LogP contribution in [0.15, 0.2) is 12.3 Å². The maximum absolute atomic E-state index is 13.8. The van der Waals surface area contributed by atoms with Crippen molar-refractivity contribution in [1.29, 1.82) is 0 Å². The van der Waals surface area contributed by atoms with E-state index in [1.165, 1.54) is 12.3 Å². The molecular weight excluding hydrogens is 263 g/mol. The average molecular weight is 284 g/mol. The van der Waals surface area contributed by atoms with Crippen LogP contribution in [0.5, 0.6) is 0 Å². The smallest absolute Gasteiger partial charge is 0.254 e. The van der Waals surface area contributed by atoms with Gasteiger partial charge in [-0.15, -0.1) is 0 Å². The predicted molar refractivity (Wildman–Crippen MR) is 74.7 cm³/mol. The number of rotatable bonds is 8. The summed E-state index contributed by atoms with van der Waals surface area (Å²) in [5.74, 6) is 3.72. The summed E-state index contributed by atoms with van der Waals surface area (Å²) < 4.78 is 19.1. The highest BCUT2D eigenvalue weighted by molar-refractivity contribution is 5.95. The van der Waals surface area contributed by atoms with E-state index < -0.39 is 11.7 Å². The number of carbonyl (C=O) groups excluding carboxylic acids is 1. The number of halogens is 1. The van der Waals surface area contributed by atoms with Gasteiger partial charge in [0.2, 0.25) is 0 Å². The summed E-state index contributed by atoms with van der Waals surface area (Å²) in [6.45, 7) is 5.06. The van der Waals surface area contributed by atoms with E-state index in [1.807, 2.05) is 13.8 Å². The lowest BCUT2D eigenvalue weighted by molar-refractivity contribution is 0.0754. The lowest BCUT2D eigenvalue weighted by Gasteiger charge is -2.09. The molecule has 0 atom stereocenters. The quantitative estimate of drug-likeness (QED) is 0.382. The molecule has 0 aromatic carbocycles. The first-order valence-electron chi connectivity index (χ1n) is 6.57. The van der Waals surface area contributed by atoms with Crippen molar-refractivity contribution in [3.8, 4) is 0 Å². The Morgan fingerprint density at radius 1 is 1.50 bits per heavy atom. The fourth-order valence-corrected chi connectivity index (χ4v) is 1.56. The van der Waals surface area contributed by atoms with Crippen LogP contribution in [0.2, 0.25) is 0 Å². The van der Waals surface area contributed by atoms with Crippen molar-refractivity contribution in [2.45, 2.75) is 32.8 Å². The summed E-state index contributed by atoms with van der Waals surface area (Å²) in [5.41, 5.74) is 2.02. The third kappa shape index (κ3) is 5.10. The average Bonchev–Trinajstić information content (AvgIpc) is 2.42. The molecule has 1 aromatic heterocycles. The Morgan fingerprint density at radius 3 is 2.90 bits per heavy atom. The number of nitrogens with zero attached hydrogens (tertiary/aromatic N) is 1. The Bertz CT molecular complexity index is 440. The zero-order valence-electron chi connectivity index (χ0n) is 11.8. The van der Waals surface area contributed by atoms with Gasteiger partial charge in [0, 0.05) is 19.3 Å². The van der Waals surface area contributed by atoms with Crippen LogP contribution in [0, 0.1) is 5.82 Å².